The summed E-state index contributed by atoms with van der Waals surface area (Å²) in [6.07, 6.45) is 1.31. The molecule has 0 radical (unpaired) electrons. The number of nitrogens with zero attached hydrogens (tertiary/aromatic N) is 6. The Hall–Kier alpha value is -2.52. The van der Waals surface area contributed by atoms with E-state index < -0.39 is 0 Å². The van der Waals surface area contributed by atoms with E-state index in [-0.39, 0.29) is 10.9 Å². The second-order valence-corrected chi connectivity index (χ2v) is 2.51. The zero-order valence-electron chi connectivity index (χ0n) is 7.58. The van der Waals surface area contributed by atoms with E-state index in [1.807, 2.05) is 0 Å². The molecule has 15 heavy (non-hydrogen) atoms. The molecule has 2 N–H and O–H groups in total. The molecule has 10 heteroatoms. The SMILES string of the molecule is Cc1c(/C=N/Nc2nn[nH]n2)no[n+]1[O-]. The molecule has 2 rings (SSSR count). The van der Waals surface area contributed by atoms with Gasteiger partial charge in [-0.1, -0.05) is 5.10 Å². The van der Waals surface area contributed by atoms with Gasteiger partial charge in [0.1, 0.15) is 6.21 Å². The Labute approximate surface area is 82.5 Å². The van der Waals surface area contributed by atoms with E-state index in [2.05, 4.69) is 40.9 Å². The van der Waals surface area contributed by atoms with Crippen LogP contribution < -0.4 is 10.3 Å². The molecule has 0 aromatic carbocycles. The van der Waals surface area contributed by atoms with E-state index >= 15 is 0 Å². The zero-order chi connectivity index (χ0) is 10.7. The normalized spacial score (nSPS) is 11.0. The van der Waals surface area contributed by atoms with E-state index in [1.165, 1.54) is 6.21 Å². The van der Waals surface area contributed by atoms with Crippen molar-refractivity contribution in [3.8, 4) is 0 Å². The Kier molecular flexibility index (Phi) is 2.23. The first-order valence-electron chi connectivity index (χ1n) is 3.86. The molecule has 0 aliphatic rings. The quantitative estimate of drug-likeness (QED) is 0.360. The Morgan fingerprint density at radius 2 is 2.53 bits per heavy atom. The van der Waals surface area contributed by atoms with E-state index in [1.54, 1.807) is 6.92 Å². The summed E-state index contributed by atoms with van der Waals surface area (Å²) in [6.45, 7) is 1.55. The Bertz CT molecular complexity index is 459. The van der Waals surface area contributed by atoms with E-state index in [9.17, 15) is 5.21 Å². The lowest BCUT2D eigenvalue weighted by molar-refractivity contribution is -0.806. The maximum Gasteiger partial charge on any atom is 0.283 e. The average Bonchev–Trinajstić information content (AvgIpc) is 2.83. The van der Waals surface area contributed by atoms with Gasteiger partial charge in [0.05, 0.1) is 0 Å². The van der Waals surface area contributed by atoms with Gasteiger partial charge in [0.15, 0.2) is 0 Å². The molecule has 0 bridgehead atoms. The standard InChI is InChI=1S/C5H6N8O2/c1-3-4(10-15-13(3)14)2-6-7-5-8-11-12-9-5/h2H,1H3,(H2,7,8,9,11,12)/b6-2+. The highest BCUT2D eigenvalue weighted by Gasteiger charge is 2.10. The van der Waals surface area contributed by atoms with Crippen LogP contribution in [-0.4, -0.2) is 32.0 Å². The molecule has 0 amide bonds. The fourth-order valence-corrected chi connectivity index (χ4v) is 0.779. The molecule has 0 fully saturated rings. The van der Waals surface area contributed by atoms with Crippen LogP contribution in [0.15, 0.2) is 9.73 Å². The van der Waals surface area contributed by atoms with Gasteiger partial charge in [0, 0.05) is 12.1 Å². The number of nitrogens with one attached hydrogen (secondary N) is 2. The molecule has 0 spiro atoms. The fourth-order valence-electron chi connectivity index (χ4n) is 0.779. The van der Waals surface area contributed by atoms with Crippen molar-refractivity contribution < 1.29 is 9.53 Å². The van der Waals surface area contributed by atoms with Crippen molar-refractivity contribution in [2.24, 2.45) is 5.10 Å². The summed E-state index contributed by atoms with van der Waals surface area (Å²) < 4.78 is 4.33. The minimum absolute atomic E-state index is 0.211. The molecular weight excluding hydrogens is 204 g/mol. The van der Waals surface area contributed by atoms with Crippen LogP contribution >= 0.6 is 0 Å². The number of anilines is 1. The largest absolute Gasteiger partial charge is 0.359 e. The van der Waals surface area contributed by atoms with Gasteiger partial charge in [0.25, 0.3) is 11.6 Å². The predicted molar refractivity (Wildman–Crippen MR) is 45.6 cm³/mol. The maximum absolute atomic E-state index is 10.8. The first-order chi connectivity index (χ1) is 7.27. The summed E-state index contributed by atoms with van der Waals surface area (Å²) >= 11 is 0. The second kappa shape index (κ2) is 3.69. The highest BCUT2D eigenvalue weighted by atomic mass is 16.8. The van der Waals surface area contributed by atoms with E-state index in [0.717, 1.165) is 0 Å². The first kappa shape index (κ1) is 9.05. The van der Waals surface area contributed by atoms with Crippen molar-refractivity contribution in [1.82, 2.24) is 25.8 Å². The highest BCUT2D eigenvalue weighted by Crippen LogP contribution is 1.95. The smallest absolute Gasteiger partial charge is 0.283 e. The van der Waals surface area contributed by atoms with Crippen LogP contribution in [0.4, 0.5) is 5.95 Å². The second-order valence-electron chi connectivity index (χ2n) is 2.51. The predicted octanol–water partition coefficient (Wildman–Crippen LogP) is -1.42. The van der Waals surface area contributed by atoms with Crippen LogP contribution in [0.5, 0.6) is 0 Å². The number of aromatic amines is 1. The lowest BCUT2D eigenvalue weighted by atomic mass is 10.4. The van der Waals surface area contributed by atoms with Crippen LogP contribution in [0, 0.1) is 12.1 Å². The zero-order valence-corrected chi connectivity index (χ0v) is 7.58. The number of hydrazone groups is 1. The van der Waals surface area contributed by atoms with Crippen molar-refractivity contribution in [3.63, 3.8) is 0 Å². The Morgan fingerprint density at radius 1 is 1.67 bits per heavy atom. The lowest BCUT2D eigenvalue weighted by Crippen LogP contribution is -2.26. The van der Waals surface area contributed by atoms with Gasteiger partial charge >= 0.3 is 0 Å². The number of hydrogen-bond donors (Lipinski definition) is 2. The van der Waals surface area contributed by atoms with Crippen molar-refractivity contribution in [1.29, 1.82) is 0 Å². The molecule has 2 aromatic rings. The van der Waals surface area contributed by atoms with E-state index in [4.69, 9.17) is 0 Å². The number of hydrogen-bond acceptors (Lipinski definition) is 8. The van der Waals surface area contributed by atoms with Crippen molar-refractivity contribution >= 4 is 12.2 Å². The lowest BCUT2D eigenvalue weighted by Gasteiger charge is -1.87. The number of H-pyrrole nitrogens is 1. The summed E-state index contributed by atoms with van der Waals surface area (Å²) in [5.41, 5.74) is 3.10. The van der Waals surface area contributed by atoms with Crippen LogP contribution in [0.1, 0.15) is 11.4 Å². The van der Waals surface area contributed by atoms with Gasteiger partial charge in [-0.05, 0) is 10.1 Å². The summed E-state index contributed by atoms with van der Waals surface area (Å²) in [6, 6.07) is 0. The summed E-state index contributed by atoms with van der Waals surface area (Å²) in [5.74, 6) is 0.211. The third-order valence-electron chi connectivity index (χ3n) is 1.55. The molecule has 0 saturated heterocycles. The van der Waals surface area contributed by atoms with E-state index in [0.29, 0.717) is 11.4 Å². The number of tetrazole rings is 1. The minimum Gasteiger partial charge on any atom is -0.359 e. The third-order valence-corrected chi connectivity index (χ3v) is 1.55. The molecule has 2 aromatic heterocycles. The van der Waals surface area contributed by atoms with Crippen LogP contribution in [-0.2, 0) is 0 Å². The third kappa shape index (κ3) is 1.87. The van der Waals surface area contributed by atoms with Crippen molar-refractivity contribution in [2.45, 2.75) is 6.92 Å². The molecule has 0 unspecified atom stereocenters. The number of rotatable bonds is 3. The minimum atomic E-state index is 0.211. The molecule has 78 valence electrons. The van der Waals surface area contributed by atoms with Crippen LogP contribution in [0.2, 0.25) is 0 Å². The molecule has 0 aliphatic carbocycles. The molecule has 10 nitrogen and oxygen atoms in total. The molecule has 0 aliphatic heterocycles. The van der Waals surface area contributed by atoms with Gasteiger partial charge < -0.3 is 5.21 Å². The molecule has 0 atom stereocenters. The summed E-state index contributed by atoms with van der Waals surface area (Å²) in [4.78, 5) is 0.287. The topological polar surface area (TPSA) is 132 Å². The Morgan fingerprint density at radius 3 is 3.13 bits per heavy atom. The fraction of sp³-hybridized carbons (Fsp3) is 0.200. The highest BCUT2D eigenvalue weighted by molar-refractivity contribution is 5.77. The maximum atomic E-state index is 10.8. The van der Waals surface area contributed by atoms with Gasteiger partial charge in [0.2, 0.25) is 5.69 Å². The Balaban J connectivity index is 2.03. The van der Waals surface area contributed by atoms with Gasteiger partial charge in [-0.15, -0.1) is 5.10 Å². The molecule has 2 heterocycles. The number of aromatic nitrogens is 6. The van der Waals surface area contributed by atoms with Gasteiger partial charge in [-0.25, -0.2) is 5.43 Å². The van der Waals surface area contributed by atoms with Gasteiger partial charge in [-0.2, -0.15) is 10.3 Å². The monoisotopic (exact) mass is 210 g/mol. The van der Waals surface area contributed by atoms with Crippen molar-refractivity contribution in [3.05, 3.63) is 16.6 Å². The molecule has 0 saturated carbocycles. The average molecular weight is 210 g/mol. The van der Waals surface area contributed by atoms with Gasteiger partial charge in [-0.3, -0.25) is 4.63 Å². The van der Waals surface area contributed by atoms with Crippen LogP contribution in [0.25, 0.3) is 0 Å². The first-order valence-corrected chi connectivity index (χ1v) is 3.86. The van der Waals surface area contributed by atoms with Crippen LogP contribution in [0.3, 0.4) is 0 Å². The summed E-state index contributed by atoms with van der Waals surface area (Å²) in [5, 5.41) is 30.7. The molecular formula is C5H6N8O2. The summed E-state index contributed by atoms with van der Waals surface area (Å²) in [7, 11) is 0. The van der Waals surface area contributed by atoms with Crippen molar-refractivity contribution in [2.75, 3.05) is 5.43 Å².